The molecule has 3 aromatic rings. The van der Waals surface area contributed by atoms with E-state index >= 15 is 0 Å². The Labute approximate surface area is 163 Å². The van der Waals surface area contributed by atoms with E-state index in [1.165, 1.54) is 10.7 Å². The summed E-state index contributed by atoms with van der Waals surface area (Å²) < 4.78 is 6.13. The van der Waals surface area contributed by atoms with Crippen molar-refractivity contribution in [2.45, 2.75) is 19.9 Å². The largest absolute Gasteiger partial charge is 0.511 e. The number of aromatic nitrogens is 3. The van der Waals surface area contributed by atoms with Gasteiger partial charge in [-0.05, 0) is 26.0 Å². The number of nitrogens with zero attached hydrogens (tertiary/aromatic N) is 3. The molecular weight excluding hydrogens is 403 g/mol. The quantitative estimate of drug-likeness (QED) is 0.448. The summed E-state index contributed by atoms with van der Waals surface area (Å²) in [7, 11) is 0. The van der Waals surface area contributed by atoms with E-state index in [0.717, 1.165) is 0 Å². The molecule has 2 N–H and O–H groups in total. The highest BCUT2D eigenvalue weighted by atomic mass is 35.5. The zero-order chi connectivity index (χ0) is 19.0. The van der Waals surface area contributed by atoms with Crippen LogP contribution in [0.4, 0.5) is 10.6 Å². The van der Waals surface area contributed by atoms with Crippen molar-refractivity contribution >= 4 is 52.4 Å². The second-order valence-electron chi connectivity index (χ2n) is 5.66. The summed E-state index contributed by atoms with van der Waals surface area (Å²) in [6.45, 7) is 3.87. The lowest BCUT2D eigenvalue weighted by atomic mass is 10.1. The monoisotopic (exact) mass is 414 g/mol. The lowest BCUT2D eigenvalue weighted by molar-refractivity contribution is 0.145. The van der Waals surface area contributed by atoms with Crippen molar-refractivity contribution < 1.29 is 14.6 Å². The van der Waals surface area contributed by atoms with Crippen LogP contribution in [-0.2, 0) is 0 Å². The Kier molecular flexibility index (Phi) is 5.13. The number of fused-ring (bicyclic) bond motifs is 1. The summed E-state index contributed by atoms with van der Waals surface area (Å²) in [5.41, 5.74) is 1.28. The van der Waals surface area contributed by atoms with E-state index in [9.17, 15) is 4.79 Å². The average molecular weight is 416 g/mol. The van der Waals surface area contributed by atoms with E-state index in [-0.39, 0.29) is 22.6 Å². The maximum absolute atomic E-state index is 10.9. The van der Waals surface area contributed by atoms with Crippen molar-refractivity contribution in [2.24, 2.45) is 0 Å². The molecule has 0 aliphatic heterocycles. The molecule has 0 unspecified atom stereocenters. The molecular formula is C16H13Cl3N4O3. The number of hydrogen-bond donors (Lipinski definition) is 2. The first-order valence-electron chi connectivity index (χ1n) is 7.48. The fourth-order valence-electron chi connectivity index (χ4n) is 2.45. The first kappa shape index (κ1) is 18.6. The number of carboxylic acid groups (broad SMARTS) is 1. The molecule has 0 spiro atoms. The fourth-order valence-corrected chi connectivity index (χ4v) is 3.22. The Hall–Kier alpha value is -2.22. The number of nitrogens with one attached hydrogen (secondary N) is 1. The SMILES string of the molecule is CC(C)Nc1c(-c2ccc(Cl)cc2Cl)c(Cl)nc2c(OC(=O)O)cnn12. The molecule has 0 aliphatic carbocycles. The predicted octanol–water partition coefficient (Wildman–Crippen LogP) is 5.23. The lowest BCUT2D eigenvalue weighted by Crippen LogP contribution is -2.15. The molecule has 0 radical (unpaired) electrons. The third-order valence-corrected chi connectivity index (χ3v) is 4.21. The summed E-state index contributed by atoms with van der Waals surface area (Å²) in [5.74, 6) is 0.472. The number of carbonyl (C=O) groups is 1. The molecule has 0 bridgehead atoms. The molecule has 2 aromatic heterocycles. The third kappa shape index (κ3) is 3.51. The zero-order valence-corrected chi connectivity index (χ0v) is 15.9. The Morgan fingerprint density at radius 3 is 2.65 bits per heavy atom. The van der Waals surface area contributed by atoms with Gasteiger partial charge in [-0.3, -0.25) is 0 Å². The molecule has 0 atom stereocenters. The van der Waals surface area contributed by atoms with E-state index in [1.807, 2.05) is 13.8 Å². The van der Waals surface area contributed by atoms with Crippen LogP contribution in [0.3, 0.4) is 0 Å². The van der Waals surface area contributed by atoms with Crippen LogP contribution in [0.15, 0.2) is 24.4 Å². The minimum atomic E-state index is -1.47. The summed E-state index contributed by atoms with van der Waals surface area (Å²) >= 11 is 18.7. The first-order chi connectivity index (χ1) is 12.3. The van der Waals surface area contributed by atoms with Crippen LogP contribution >= 0.6 is 34.8 Å². The van der Waals surface area contributed by atoms with Gasteiger partial charge in [-0.25, -0.2) is 9.78 Å². The summed E-state index contributed by atoms with van der Waals surface area (Å²) in [4.78, 5) is 15.1. The van der Waals surface area contributed by atoms with Crippen LogP contribution < -0.4 is 10.1 Å². The maximum atomic E-state index is 10.9. The molecule has 2 heterocycles. The lowest BCUT2D eigenvalue weighted by Gasteiger charge is -2.18. The van der Waals surface area contributed by atoms with Crippen molar-refractivity contribution in [3.8, 4) is 16.9 Å². The van der Waals surface area contributed by atoms with Gasteiger partial charge in [0, 0.05) is 16.6 Å². The van der Waals surface area contributed by atoms with Crippen LogP contribution in [0, 0.1) is 0 Å². The number of hydrogen-bond acceptors (Lipinski definition) is 5. The Balaban J connectivity index is 2.31. The molecule has 0 saturated carbocycles. The molecule has 7 nitrogen and oxygen atoms in total. The van der Waals surface area contributed by atoms with E-state index in [2.05, 4.69) is 15.4 Å². The number of halogens is 3. The van der Waals surface area contributed by atoms with Crippen molar-refractivity contribution in [3.05, 3.63) is 39.6 Å². The summed E-state index contributed by atoms with van der Waals surface area (Å²) in [5, 5.41) is 17.3. The standard InChI is InChI=1S/C16H13Cl3N4O3/c1-7(2)21-15-12(9-4-3-8(17)5-10(9)18)13(19)22-14-11(26-16(24)25)6-20-23(14)15/h3-7,21H,1-2H3,(H,24,25). The predicted molar refractivity (Wildman–Crippen MR) is 101 cm³/mol. The van der Waals surface area contributed by atoms with Gasteiger partial charge in [0.25, 0.3) is 0 Å². The van der Waals surface area contributed by atoms with Gasteiger partial charge >= 0.3 is 6.16 Å². The first-order valence-corrected chi connectivity index (χ1v) is 8.61. The van der Waals surface area contributed by atoms with Crippen molar-refractivity contribution in [3.63, 3.8) is 0 Å². The van der Waals surface area contributed by atoms with E-state index in [0.29, 0.717) is 27.0 Å². The second-order valence-corrected chi connectivity index (χ2v) is 6.86. The maximum Gasteiger partial charge on any atom is 0.511 e. The molecule has 3 rings (SSSR count). The van der Waals surface area contributed by atoms with Crippen LogP contribution in [0.25, 0.3) is 16.8 Å². The number of anilines is 1. The van der Waals surface area contributed by atoms with Gasteiger partial charge in [-0.2, -0.15) is 9.61 Å². The number of ether oxygens (including phenoxy) is 1. The fraction of sp³-hybridized carbons (Fsp3) is 0.188. The highest BCUT2D eigenvalue weighted by molar-refractivity contribution is 6.38. The van der Waals surface area contributed by atoms with Gasteiger partial charge in [-0.1, -0.05) is 40.9 Å². The molecule has 136 valence electrons. The normalized spacial score (nSPS) is 11.2. The van der Waals surface area contributed by atoms with Gasteiger partial charge in [0.15, 0.2) is 5.75 Å². The van der Waals surface area contributed by atoms with Crippen LogP contribution in [0.1, 0.15) is 13.8 Å². The number of benzene rings is 1. The second kappa shape index (κ2) is 7.19. The molecule has 26 heavy (non-hydrogen) atoms. The molecule has 0 fully saturated rings. The van der Waals surface area contributed by atoms with Gasteiger partial charge < -0.3 is 15.2 Å². The molecule has 0 saturated heterocycles. The van der Waals surface area contributed by atoms with E-state index in [1.54, 1.807) is 18.2 Å². The van der Waals surface area contributed by atoms with Crippen molar-refractivity contribution in [2.75, 3.05) is 5.32 Å². The minimum absolute atomic E-state index is 0.0227. The van der Waals surface area contributed by atoms with Crippen LogP contribution in [0.2, 0.25) is 15.2 Å². The average Bonchev–Trinajstić information content (AvgIpc) is 2.90. The van der Waals surface area contributed by atoms with Crippen molar-refractivity contribution in [1.82, 2.24) is 14.6 Å². The van der Waals surface area contributed by atoms with E-state index in [4.69, 9.17) is 44.6 Å². The smallest absolute Gasteiger partial charge is 0.449 e. The Morgan fingerprint density at radius 1 is 1.31 bits per heavy atom. The zero-order valence-electron chi connectivity index (χ0n) is 13.6. The van der Waals surface area contributed by atoms with E-state index < -0.39 is 6.16 Å². The number of rotatable bonds is 4. The third-order valence-electron chi connectivity index (χ3n) is 3.39. The highest BCUT2D eigenvalue weighted by Gasteiger charge is 2.22. The summed E-state index contributed by atoms with van der Waals surface area (Å²) in [6.07, 6.45) is -0.216. The van der Waals surface area contributed by atoms with Gasteiger partial charge in [-0.15, -0.1) is 0 Å². The Morgan fingerprint density at radius 2 is 2.04 bits per heavy atom. The molecule has 1 aromatic carbocycles. The van der Waals surface area contributed by atoms with Crippen LogP contribution in [0.5, 0.6) is 5.75 Å². The van der Waals surface area contributed by atoms with Gasteiger partial charge in [0.2, 0.25) is 5.65 Å². The molecule has 0 amide bonds. The molecule has 0 aliphatic rings. The van der Waals surface area contributed by atoms with Crippen LogP contribution in [-0.4, -0.2) is 31.9 Å². The van der Waals surface area contributed by atoms with Gasteiger partial charge in [0.05, 0.1) is 16.8 Å². The minimum Gasteiger partial charge on any atom is -0.449 e. The topological polar surface area (TPSA) is 88.8 Å². The Bertz CT molecular complexity index is 1000. The summed E-state index contributed by atoms with van der Waals surface area (Å²) in [6, 6.07) is 5.03. The highest BCUT2D eigenvalue weighted by Crippen LogP contribution is 2.40. The van der Waals surface area contributed by atoms with Crippen molar-refractivity contribution in [1.29, 1.82) is 0 Å². The van der Waals surface area contributed by atoms with Gasteiger partial charge in [0.1, 0.15) is 11.0 Å². The molecule has 10 heteroatoms.